The third-order valence-corrected chi connectivity index (χ3v) is 4.40. The molecule has 9 heteroatoms. The van der Waals surface area contributed by atoms with Crippen LogP contribution in [0.1, 0.15) is 26.5 Å². The average molecular weight is 390 g/mol. The summed E-state index contributed by atoms with van der Waals surface area (Å²) in [5, 5.41) is 5.41. The minimum Gasteiger partial charge on any atom is -0.495 e. The van der Waals surface area contributed by atoms with Gasteiger partial charge in [0, 0.05) is 0 Å². The van der Waals surface area contributed by atoms with Crippen LogP contribution in [0.5, 0.6) is 5.75 Å². The van der Waals surface area contributed by atoms with E-state index < -0.39 is 11.8 Å². The number of aromatic amines is 2. The molecule has 0 atom stereocenters. The first-order valence-corrected chi connectivity index (χ1v) is 8.81. The summed E-state index contributed by atoms with van der Waals surface area (Å²) >= 11 is 0. The molecule has 0 aliphatic heterocycles. The molecule has 0 aliphatic carbocycles. The van der Waals surface area contributed by atoms with Crippen molar-refractivity contribution in [3.8, 4) is 5.75 Å². The maximum Gasteiger partial charge on any atom is 0.276 e. The normalized spacial score (nSPS) is 10.7. The topological polar surface area (TPSA) is 125 Å². The van der Waals surface area contributed by atoms with Gasteiger partial charge < -0.3 is 20.0 Å². The number of imidazole rings is 2. The molecule has 0 saturated heterocycles. The molecule has 4 aromatic rings. The maximum atomic E-state index is 12.8. The Balaban J connectivity index is 1.56. The number of hydrogen-bond donors (Lipinski definition) is 4. The first-order chi connectivity index (χ1) is 14.1. The van der Waals surface area contributed by atoms with Crippen LogP contribution in [0.4, 0.5) is 11.6 Å². The minimum absolute atomic E-state index is 0.0236. The minimum atomic E-state index is -0.538. The molecule has 4 rings (SSSR count). The summed E-state index contributed by atoms with van der Waals surface area (Å²) in [5.74, 6) is -0.281. The van der Waals surface area contributed by atoms with Gasteiger partial charge in [-0.25, -0.2) is 9.97 Å². The molecule has 0 fully saturated rings. The van der Waals surface area contributed by atoms with E-state index in [2.05, 4.69) is 30.6 Å². The summed E-state index contributed by atoms with van der Waals surface area (Å²) < 4.78 is 5.30. The highest BCUT2D eigenvalue weighted by Crippen LogP contribution is 2.28. The van der Waals surface area contributed by atoms with Crippen molar-refractivity contribution >= 4 is 34.5 Å². The van der Waals surface area contributed by atoms with Crippen molar-refractivity contribution in [1.82, 2.24) is 19.9 Å². The molecule has 0 saturated carbocycles. The third-order valence-electron chi connectivity index (χ3n) is 4.40. The van der Waals surface area contributed by atoms with Crippen molar-refractivity contribution < 1.29 is 14.3 Å². The molecule has 2 heterocycles. The zero-order valence-electron chi connectivity index (χ0n) is 15.7. The third kappa shape index (κ3) is 3.53. The van der Waals surface area contributed by atoms with E-state index >= 15 is 0 Å². The maximum absolute atomic E-state index is 12.8. The zero-order valence-corrected chi connectivity index (χ0v) is 15.7. The number of carbonyl (C=O) groups excluding carboxylic acids is 2. The van der Waals surface area contributed by atoms with Crippen LogP contribution in [0, 0.1) is 6.92 Å². The van der Waals surface area contributed by atoms with Gasteiger partial charge in [0.15, 0.2) is 5.69 Å². The second-order valence-electron chi connectivity index (χ2n) is 6.29. The second kappa shape index (κ2) is 7.47. The van der Waals surface area contributed by atoms with Crippen molar-refractivity contribution in [2.24, 2.45) is 0 Å². The Morgan fingerprint density at radius 3 is 2.66 bits per heavy atom. The highest BCUT2D eigenvalue weighted by Gasteiger charge is 2.22. The van der Waals surface area contributed by atoms with Crippen LogP contribution in [0.2, 0.25) is 0 Å². The smallest absolute Gasteiger partial charge is 0.276 e. The Kier molecular flexibility index (Phi) is 4.70. The van der Waals surface area contributed by atoms with E-state index in [4.69, 9.17) is 4.74 Å². The number of aryl methyl sites for hydroxylation is 1. The van der Waals surface area contributed by atoms with Gasteiger partial charge >= 0.3 is 0 Å². The Bertz CT molecular complexity index is 1180. The van der Waals surface area contributed by atoms with Gasteiger partial charge in [-0.2, -0.15) is 0 Å². The number of nitrogens with one attached hydrogen (secondary N) is 4. The molecule has 146 valence electrons. The van der Waals surface area contributed by atoms with Crippen molar-refractivity contribution in [1.29, 1.82) is 0 Å². The van der Waals surface area contributed by atoms with E-state index in [0.29, 0.717) is 11.4 Å². The number of rotatable bonds is 5. The van der Waals surface area contributed by atoms with E-state index in [1.165, 1.54) is 13.4 Å². The predicted octanol–water partition coefficient (Wildman–Crippen LogP) is 3.11. The number of para-hydroxylation sites is 3. The summed E-state index contributed by atoms with van der Waals surface area (Å²) in [5.41, 5.74) is 2.83. The van der Waals surface area contributed by atoms with Gasteiger partial charge in [0.2, 0.25) is 5.95 Å². The Morgan fingerprint density at radius 2 is 1.86 bits per heavy atom. The predicted molar refractivity (Wildman–Crippen MR) is 108 cm³/mol. The second-order valence-corrected chi connectivity index (χ2v) is 6.29. The first kappa shape index (κ1) is 18.2. The molecule has 9 nitrogen and oxygen atoms in total. The summed E-state index contributed by atoms with van der Waals surface area (Å²) in [7, 11) is 1.52. The van der Waals surface area contributed by atoms with Crippen LogP contribution in [0.15, 0.2) is 48.8 Å². The number of methoxy groups -OCH3 is 1. The van der Waals surface area contributed by atoms with Crippen molar-refractivity contribution in [3.63, 3.8) is 0 Å². The molecule has 2 aromatic heterocycles. The number of benzene rings is 2. The molecule has 0 radical (unpaired) electrons. The first-order valence-electron chi connectivity index (χ1n) is 8.81. The van der Waals surface area contributed by atoms with E-state index in [0.717, 1.165) is 16.6 Å². The quantitative estimate of drug-likeness (QED) is 0.417. The van der Waals surface area contributed by atoms with Crippen LogP contribution >= 0.6 is 0 Å². The molecule has 4 N–H and O–H groups in total. The number of fused-ring (bicyclic) bond motifs is 1. The van der Waals surface area contributed by atoms with Crippen molar-refractivity contribution in [2.75, 3.05) is 17.7 Å². The van der Waals surface area contributed by atoms with Gasteiger partial charge in [-0.05, 0) is 30.7 Å². The number of H-pyrrole nitrogens is 2. The van der Waals surface area contributed by atoms with Crippen LogP contribution < -0.4 is 15.4 Å². The zero-order chi connectivity index (χ0) is 20.4. The standard InChI is InChI=1S/C20H18N6O3/c1-11-6-5-9-14(29-2)15(11)25-18(27)16-17(22-10-21-16)19(28)26-20-23-12-7-3-4-8-13(12)24-20/h3-10H,1-2H3,(H,21,22)(H,25,27)(H2,23,24,26,28). The van der Waals surface area contributed by atoms with Crippen LogP contribution in [0.3, 0.4) is 0 Å². The lowest BCUT2D eigenvalue weighted by Gasteiger charge is -2.12. The summed E-state index contributed by atoms with van der Waals surface area (Å²) in [6.45, 7) is 1.85. The highest BCUT2D eigenvalue weighted by molar-refractivity contribution is 6.13. The Labute approximate surface area is 165 Å². The van der Waals surface area contributed by atoms with Crippen LogP contribution in [0.25, 0.3) is 11.0 Å². The SMILES string of the molecule is COc1cccc(C)c1NC(=O)c1nc[nH]c1C(=O)Nc1nc2ccccc2[nH]1. The number of anilines is 2. The number of ether oxygens (including phenoxy) is 1. The number of aromatic nitrogens is 4. The monoisotopic (exact) mass is 390 g/mol. The molecule has 0 aliphatic rings. The fourth-order valence-corrected chi connectivity index (χ4v) is 2.97. The molecule has 2 aromatic carbocycles. The van der Waals surface area contributed by atoms with E-state index in [1.54, 1.807) is 6.07 Å². The Hall–Kier alpha value is -4.14. The average Bonchev–Trinajstić information content (AvgIpc) is 3.35. The number of carbonyl (C=O) groups is 2. The molecule has 0 bridgehead atoms. The molecule has 29 heavy (non-hydrogen) atoms. The number of hydrogen-bond acceptors (Lipinski definition) is 5. The van der Waals surface area contributed by atoms with Crippen LogP contribution in [-0.2, 0) is 0 Å². The van der Waals surface area contributed by atoms with E-state index in [9.17, 15) is 9.59 Å². The number of nitrogens with zero attached hydrogens (tertiary/aromatic N) is 2. The van der Waals surface area contributed by atoms with Gasteiger partial charge in [-0.15, -0.1) is 0 Å². The molecule has 0 unspecified atom stereocenters. The van der Waals surface area contributed by atoms with Crippen LogP contribution in [-0.4, -0.2) is 38.9 Å². The number of amides is 2. The van der Waals surface area contributed by atoms with Gasteiger partial charge in [0.05, 0.1) is 30.2 Å². The van der Waals surface area contributed by atoms with Gasteiger partial charge in [-0.1, -0.05) is 24.3 Å². The molecule has 2 amide bonds. The summed E-state index contributed by atoms with van der Waals surface area (Å²) in [6.07, 6.45) is 1.29. The van der Waals surface area contributed by atoms with Crippen molar-refractivity contribution in [3.05, 3.63) is 65.7 Å². The van der Waals surface area contributed by atoms with Gasteiger partial charge in [0.25, 0.3) is 11.8 Å². The lowest BCUT2D eigenvalue weighted by atomic mass is 10.1. The van der Waals surface area contributed by atoms with E-state index in [1.807, 2.05) is 43.3 Å². The van der Waals surface area contributed by atoms with Gasteiger partial charge in [-0.3, -0.25) is 14.9 Å². The van der Waals surface area contributed by atoms with E-state index in [-0.39, 0.29) is 17.3 Å². The molecular weight excluding hydrogens is 372 g/mol. The summed E-state index contributed by atoms with van der Waals surface area (Å²) in [4.78, 5) is 39.5. The lowest BCUT2D eigenvalue weighted by molar-refractivity contribution is 0.0985. The largest absolute Gasteiger partial charge is 0.495 e. The van der Waals surface area contributed by atoms with Gasteiger partial charge in [0.1, 0.15) is 11.4 Å². The fraction of sp³-hybridized carbons (Fsp3) is 0.100. The lowest BCUT2D eigenvalue weighted by Crippen LogP contribution is -2.21. The summed E-state index contributed by atoms with van der Waals surface area (Å²) in [6, 6.07) is 12.8. The Morgan fingerprint density at radius 1 is 1.03 bits per heavy atom. The highest BCUT2D eigenvalue weighted by atomic mass is 16.5. The van der Waals surface area contributed by atoms with Crippen molar-refractivity contribution in [2.45, 2.75) is 6.92 Å². The fourth-order valence-electron chi connectivity index (χ4n) is 2.97. The molecular formula is C20H18N6O3. The molecule has 0 spiro atoms.